The summed E-state index contributed by atoms with van der Waals surface area (Å²) >= 11 is 0. The second-order valence-electron chi connectivity index (χ2n) is 3.71. The molecule has 1 aliphatic heterocycles. The van der Waals surface area contributed by atoms with Gasteiger partial charge >= 0.3 is 0 Å². The highest BCUT2D eigenvalue weighted by atomic mass is 16.5. The summed E-state index contributed by atoms with van der Waals surface area (Å²) in [4.78, 5) is 0. The van der Waals surface area contributed by atoms with Crippen LogP contribution in [0.25, 0.3) is 0 Å². The Labute approximate surface area is 89.2 Å². The molecule has 1 atom stereocenters. The van der Waals surface area contributed by atoms with E-state index in [4.69, 9.17) is 14.7 Å². The Morgan fingerprint density at radius 1 is 1.53 bits per heavy atom. The molecule has 0 amide bonds. The predicted octanol–water partition coefficient (Wildman–Crippen LogP) is 2.03. The van der Waals surface area contributed by atoms with E-state index in [1.807, 2.05) is 25.1 Å². The molecule has 3 nitrogen and oxygen atoms in total. The highest BCUT2D eigenvalue weighted by Gasteiger charge is 2.18. The molecule has 1 aliphatic rings. The fourth-order valence-corrected chi connectivity index (χ4v) is 1.62. The van der Waals surface area contributed by atoms with Crippen LogP contribution in [0.1, 0.15) is 17.5 Å². The van der Waals surface area contributed by atoms with Crippen molar-refractivity contribution in [1.82, 2.24) is 0 Å². The summed E-state index contributed by atoms with van der Waals surface area (Å²) < 4.78 is 10.9. The van der Waals surface area contributed by atoms with Crippen molar-refractivity contribution in [3.8, 4) is 11.8 Å². The van der Waals surface area contributed by atoms with Crippen LogP contribution in [0.15, 0.2) is 18.2 Å². The third kappa shape index (κ3) is 2.28. The van der Waals surface area contributed by atoms with Gasteiger partial charge in [-0.2, -0.15) is 5.26 Å². The van der Waals surface area contributed by atoms with Crippen LogP contribution < -0.4 is 4.74 Å². The van der Waals surface area contributed by atoms with Gasteiger partial charge in [-0.15, -0.1) is 0 Å². The molecule has 0 unspecified atom stereocenters. The predicted molar refractivity (Wildman–Crippen MR) is 55.7 cm³/mol. The monoisotopic (exact) mass is 203 g/mol. The Balaban J connectivity index is 2.16. The van der Waals surface area contributed by atoms with Crippen LogP contribution in [-0.2, 0) is 4.74 Å². The molecule has 3 heteroatoms. The van der Waals surface area contributed by atoms with Gasteiger partial charge in [0.1, 0.15) is 17.9 Å². The van der Waals surface area contributed by atoms with Gasteiger partial charge in [0.25, 0.3) is 0 Å². The standard InChI is InChI=1S/C12H13NO2/c1-9-2-3-12(10(6-9)7-13)15-11-4-5-14-8-11/h2-3,6,11H,4-5,8H2,1H3/t11-/m1/s1. The van der Waals surface area contributed by atoms with Crippen LogP contribution in [0.2, 0.25) is 0 Å². The molecule has 0 bridgehead atoms. The zero-order valence-corrected chi connectivity index (χ0v) is 8.69. The molecule has 0 spiro atoms. The molecule has 0 radical (unpaired) electrons. The largest absolute Gasteiger partial charge is 0.487 e. The van der Waals surface area contributed by atoms with Gasteiger partial charge in [0.05, 0.1) is 18.8 Å². The second kappa shape index (κ2) is 4.33. The average molecular weight is 203 g/mol. The topological polar surface area (TPSA) is 42.2 Å². The van der Waals surface area contributed by atoms with E-state index in [1.54, 1.807) is 0 Å². The van der Waals surface area contributed by atoms with E-state index in [0.717, 1.165) is 18.6 Å². The summed E-state index contributed by atoms with van der Waals surface area (Å²) in [6, 6.07) is 7.79. The van der Waals surface area contributed by atoms with Gasteiger partial charge in [-0.05, 0) is 24.6 Å². The lowest BCUT2D eigenvalue weighted by molar-refractivity contribution is 0.141. The van der Waals surface area contributed by atoms with Crippen LogP contribution in [0.4, 0.5) is 0 Å². The summed E-state index contributed by atoms with van der Waals surface area (Å²) in [5, 5.41) is 8.96. The fourth-order valence-electron chi connectivity index (χ4n) is 1.62. The number of nitriles is 1. The molecule has 15 heavy (non-hydrogen) atoms. The van der Waals surface area contributed by atoms with Crippen LogP contribution in [0, 0.1) is 18.3 Å². The number of benzene rings is 1. The zero-order valence-electron chi connectivity index (χ0n) is 8.69. The van der Waals surface area contributed by atoms with Crippen molar-refractivity contribution in [3.05, 3.63) is 29.3 Å². The minimum absolute atomic E-state index is 0.0970. The lowest BCUT2D eigenvalue weighted by Gasteiger charge is -2.13. The highest BCUT2D eigenvalue weighted by Crippen LogP contribution is 2.22. The van der Waals surface area contributed by atoms with Gasteiger partial charge in [0.15, 0.2) is 0 Å². The second-order valence-corrected chi connectivity index (χ2v) is 3.71. The number of hydrogen-bond acceptors (Lipinski definition) is 3. The van der Waals surface area contributed by atoms with E-state index in [0.29, 0.717) is 17.9 Å². The van der Waals surface area contributed by atoms with E-state index in [9.17, 15) is 0 Å². The number of ether oxygens (including phenoxy) is 2. The number of aryl methyl sites for hydroxylation is 1. The maximum atomic E-state index is 8.96. The molecule has 0 aromatic heterocycles. The van der Waals surface area contributed by atoms with Gasteiger partial charge < -0.3 is 9.47 Å². The van der Waals surface area contributed by atoms with Crippen molar-refractivity contribution in [1.29, 1.82) is 5.26 Å². The van der Waals surface area contributed by atoms with Gasteiger partial charge in [0.2, 0.25) is 0 Å². The molecule has 2 rings (SSSR count). The molecule has 1 aromatic carbocycles. The summed E-state index contributed by atoms with van der Waals surface area (Å²) in [5.41, 5.74) is 1.67. The van der Waals surface area contributed by atoms with Crippen LogP contribution in [0.3, 0.4) is 0 Å². The van der Waals surface area contributed by atoms with E-state index < -0.39 is 0 Å². The van der Waals surface area contributed by atoms with Gasteiger partial charge in [-0.1, -0.05) is 6.07 Å². The summed E-state index contributed by atoms with van der Waals surface area (Å²) in [6.07, 6.45) is 0.999. The minimum Gasteiger partial charge on any atom is -0.487 e. The summed E-state index contributed by atoms with van der Waals surface area (Å²) in [6.45, 7) is 3.33. The zero-order chi connectivity index (χ0) is 10.7. The molecular weight excluding hydrogens is 190 g/mol. The number of hydrogen-bond donors (Lipinski definition) is 0. The fraction of sp³-hybridized carbons (Fsp3) is 0.417. The minimum atomic E-state index is 0.0970. The summed E-state index contributed by atoms with van der Waals surface area (Å²) in [7, 11) is 0. The maximum absolute atomic E-state index is 8.96. The first-order valence-electron chi connectivity index (χ1n) is 5.05. The molecule has 0 saturated carbocycles. The smallest absolute Gasteiger partial charge is 0.137 e. The highest BCUT2D eigenvalue weighted by molar-refractivity contribution is 5.45. The summed E-state index contributed by atoms with van der Waals surface area (Å²) in [5.74, 6) is 0.665. The molecular formula is C12H13NO2. The van der Waals surface area contributed by atoms with E-state index in [2.05, 4.69) is 6.07 Å². The van der Waals surface area contributed by atoms with E-state index in [-0.39, 0.29) is 6.10 Å². The normalized spacial score (nSPS) is 19.9. The van der Waals surface area contributed by atoms with E-state index >= 15 is 0 Å². The van der Waals surface area contributed by atoms with Crippen molar-refractivity contribution >= 4 is 0 Å². The average Bonchev–Trinajstić information content (AvgIpc) is 2.73. The van der Waals surface area contributed by atoms with Crippen molar-refractivity contribution in [2.24, 2.45) is 0 Å². The lowest BCUT2D eigenvalue weighted by atomic mass is 10.1. The maximum Gasteiger partial charge on any atom is 0.137 e. The van der Waals surface area contributed by atoms with Gasteiger partial charge in [-0.25, -0.2) is 0 Å². The third-order valence-electron chi connectivity index (χ3n) is 2.44. The van der Waals surface area contributed by atoms with Crippen LogP contribution in [-0.4, -0.2) is 19.3 Å². The lowest BCUT2D eigenvalue weighted by Crippen LogP contribution is -2.16. The van der Waals surface area contributed by atoms with Crippen LogP contribution >= 0.6 is 0 Å². The molecule has 1 saturated heterocycles. The van der Waals surface area contributed by atoms with Gasteiger partial charge in [-0.3, -0.25) is 0 Å². The Morgan fingerprint density at radius 2 is 2.40 bits per heavy atom. The van der Waals surface area contributed by atoms with Gasteiger partial charge in [0, 0.05) is 6.42 Å². The van der Waals surface area contributed by atoms with Crippen molar-refractivity contribution < 1.29 is 9.47 Å². The molecule has 1 aromatic rings. The van der Waals surface area contributed by atoms with Crippen molar-refractivity contribution in [3.63, 3.8) is 0 Å². The van der Waals surface area contributed by atoms with Crippen molar-refractivity contribution in [2.75, 3.05) is 13.2 Å². The van der Waals surface area contributed by atoms with Crippen molar-refractivity contribution in [2.45, 2.75) is 19.4 Å². The molecule has 78 valence electrons. The molecule has 1 heterocycles. The Bertz CT molecular complexity index is 389. The Hall–Kier alpha value is -1.53. The number of nitrogens with zero attached hydrogens (tertiary/aromatic N) is 1. The Morgan fingerprint density at radius 3 is 3.07 bits per heavy atom. The SMILES string of the molecule is Cc1ccc(O[C@@H]2CCOC2)c(C#N)c1. The first-order chi connectivity index (χ1) is 7.29. The van der Waals surface area contributed by atoms with E-state index in [1.165, 1.54) is 0 Å². The first kappa shape index (κ1) is 10.0. The molecule has 1 fully saturated rings. The first-order valence-corrected chi connectivity index (χ1v) is 5.05. The molecule has 0 aliphatic carbocycles. The third-order valence-corrected chi connectivity index (χ3v) is 2.44. The number of rotatable bonds is 2. The molecule has 0 N–H and O–H groups in total. The van der Waals surface area contributed by atoms with Crippen LogP contribution in [0.5, 0.6) is 5.75 Å². The quantitative estimate of drug-likeness (QED) is 0.738. The Kier molecular flexibility index (Phi) is 2.89.